The topological polar surface area (TPSA) is 45.5 Å². The van der Waals surface area contributed by atoms with Gasteiger partial charge >= 0.3 is 0 Å². The van der Waals surface area contributed by atoms with Gasteiger partial charge in [-0.3, -0.25) is 4.90 Å². The van der Waals surface area contributed by atoms with Crippen LogP contribution in [0.4, 0.5) is 0 Å². The Labute approximate surface area is 128 Å². The van der Waals surface area contributed by atoms with Crippen molar-refractivity contribution in [3.63, 3.8) is 0 Å². The van der Waals surface area contributed by atoms with Crippen molar-refractivity contribution in [3.05, 3.63) is 28.2 Å². The Morgan fingerprint density at radius 2 is 2.40 bits per heavy atom. The van der Waals surface area contributed by atoms with E-state index in [1.165, 1.54) is 0 Å². The quantitative estimate of drug-likeness (QED) is 0.748. The first kappa shape index (κ1) is 15.3. The van der Waals surface area contributed by atoms with Crippen molar-refractivity contribution in [2.45, 2.75) is 25.5 Å². The number of rotatable bonds is 6. The summed E-state index contributed by atoms with van der Waals surface area (Å²) < 4.78 is 12.5. The van der Waals surface area contributed by atoms with Crippen molar-refractivity contribution in [3.8, 4) is 11.8 Å². The predicted molar refractivity (Wildman–Crippen MR) is 80.6 cm³/mol. The van der Waals surface area contributed by atoms with Gasteiger partial charge in [-0.05, 0) is 41.9 Å². The molecule has 0 spiro atoms. The van der Waals surface area contributed by atoms with E-state index in [0.29, 0.717) is 19.7 Å². The van der Waals surface area contributed by atoms with E-state index in [2.05, 4.69) is 22.0 Å². The molecule has 1 fully saturated rings. The molecule has 0 radical (unpaired) electrons. The van der Waals surface area contributed by atoms with Crippen molar-refractivity contribution in [2.75, 3.05) is 26.8 Å². The van der Waals surface area contributed by atoms with Gasteiger partial charge in [0.1, 0.15) is 12.4 Å². The van der Waals surface area contributed by atoms with Gasteiger partial charge in [-0.1, -0.05) is 12.1 Å². The summed E-state index contributed by atoms with van der Waals surface area (Å²) in [5, 5.41) is 8.74. The summed E-state index contributed by atoms with van der Waals surface area (Å²) in [7, 11) is 1.92. The summed E-state index contributed by atoms with van der Waals surface area (Å²) in [5.74, 6) is 0.854. The van der Waals surface area contributed by atoms with E-state index in [1.54, 1.807) is 0 Å². The van der Waals surface area contributed by atoms with Crippen LogP contribution in [0.2, 0.25) is 0 Å². The molecule has 1 saturated heterocycles. The van der Waals surface area contributed by atoms with Crippen LogP contribution in [-0.4, -0.2) is 37.8 Å². The van der Waals surface area contributed by atoms with Crippen LogP contribution in [0.3, 0.4) is 0 Å². The lowest BCUT2D eigenvalue weighted by Crippen LogP contribution is -2.20. The maximum Gasteiger partial charge on any atom is 0.138 e. The lowest BCUT2D eigenvalue weighted by molar-refractivity contribution is 0.0671. The number of hydrogen-bond acceptors (Lipinski definition) is 4. The van der Waals surface area contributed by atoms with E-state index in [0.717, 1.165) is 35.2 Å². The van der Waals surface area contributed by atoms with Crippen LogP contribution in [0.5, 0.6) is 5.75 Å². The highest BCUT2D eigenvalue weighted by atomic mass is 79.9. The lowest BCUT2D eigenvalue weighted by Gasteiger charge is -2.19. The molecule has 1 heterocycles. The third-order valence-electron chi connectivity index (χ3n) is 3.27. The summed E-state index contributed by atoms with van der Waals surface area (Å²) in [6.07, 6.45) is 2.38. The van der Waals surface area contributed by atoms with Crippen molar-refractivity contribution >= 4 is 15.9 Å². The smallest absolute Gasteiger partial charge is 0.138 e. The minimum Gasteiger partial charge on any atom is -0.489 e. The van der Waals surface area contributed by atoms with Gasteiger partial charge in [-0.25, -0.2) is 0 Å². The molecule has 0 saturated carbocycles. The first-order valence-electron chi connectivity index (χ1n) is 6.78. The van der Waals surface area contributed by atoms with E-state index in [9.17, 15) is 0 Å². The van der Waals surface area contributed by atoms with Crippen molar-refractivity contribution in [2.24, 2.45) is 0 Å². The van der Waals surface area contributed by atoms with Gasteiger partial charge in [0.2, 0.25) is 0 Å². The Hall–Kier alpha value is -1.09. The summed E-state index contributed by atoms with van der Waals surface area (Å²) in [4.78, 5) is 1.96. The second-order valence-corrected chi connectivity index (χ2v) is 5.86. The zero-order valence-corrected chi connectivity index (χ0v) is 13.2. The highest BCUT2D eigenvalue weighted by Crippen LogP contribution is 2.30. The monoisotopic (exact) mass is 338 g/mol. The fraction of sp³-hybridized carbons (Fsp3) is 0.533. The standard InChI is InChI=1S/C15H19BrN2O2/c1-18(8-7-17)10-12-4-2-6-14(16)15(12)20-11-13-5-3-9-19-13/h2,4,6,13H,3,5,8-11H2,1H3. The van der Waals surface area contributed by atoms with Crippen LogP contribution < -0.4 is 4.74 Å². The van der Waals surface area contributed by atoms with Gasteiger partial charge in [-0.2, -0.15) is 5.26 Å². The molecule has 1 aliphatic heterocycles. The maximum absolute atomic E-state index is 8.74. The zero-order chi connectivity index (χ0) is 14.4. The number of hydrogen-bond donors (Lipinski definition) is 0. The number of para-hydroxylation sites is 1. The average Bonchev–Trinajstić information content (AvgIpc) is 2.91. The molecular weight excluding hydrogens is 320 g/mol. The molecule has 0 aliphatic carbocycles. The van der Waals surface area contributed by atoms with Crippen LogP contribution in [0.25, 0.3) is 0 Å². The van der Waals surface area contributed by atoms with Gasteiger partial charge in [0.05, 0.1) is 23.2 Å². The first-order valence-corrected chi connectivity index (χ1v) is 7.57. The molecule has 108 valence electrons. The second-order valence-electron chi connectivity index (χ2n) is 5.00. The number of nitrogens with zero attached hydrogens (tertiary/aromatic N) is 2. The van der Waals surface area contributed by atoms with Crippen LogP contribution in [0.1, 0.15) is 18.4 Å². The summed E-state index contributed by atoms with van der Waals surface area (Å²) in [5.41, 5.74) is 1.08. The maximum atomic E-state index is 8.74. The Bertz CT molecular complexity index is 481. The third-order valence-corrected chi connectivity index (χ3v) is 3.89. The van der Waals surface area contributed by atoms with Crippen molar-refractivity contribution < 1.29 is 9.47 Å². The number of halogens is 1. The van der Waals surface area contributed by atoms with E-state index in [1.807, 2.05) is 30.1 Å². The van der Waals surface area contributed by atoms with Crippen LogP contribution in [-0.2, 0) is 11.3 Å². The van der Waals surface area contributed by atoms with Gasteiger partial charge < -0.3 is 9.47 Å². The molecule has 1 atom stereocenters. The van der Waals surface area contributed by atoms with E-state index >= 15 is 0 Å². The Balaban J connectivity index is 2.03. The van der Waals surface area contributed by atoms with Crippen molar-refractivity contribution in [1.29, 1.82) is 5.26 Å². The van der Waals surface area contributed by atoms with Gasteiger partial charge in [0.15, 0.2) is 0 Å². The minimum atomic E-state index is 0.201. The molecule has 0 N–H and O–H groups in total. The summed E-state index contributed by atoms with van der Waals surface area (Å²) in [6.45, 7) is 2.50. The van der Waals surface area contributed by atoms with Crippen LogP contribution in [0, 0.1) is 11.3 Å². The number of benzene rings is 1. The molecule has 0 aromatic heterocycles. The molecule has 1 aromatic carbocycles. The van der Waals surface area contributed by atoms with E-state index < -0.39 is 0 Å². The van der Waals surface area contributed by atoms with Gasteiger partial charge in [0.25, 0.3) is 0 Å². The molecule has 1 unspecified atom stereocenters. The van der Waals surface area contributed by atoms with Gasteiger partial charge in [0, 0.05) is 18.7 Å². The largest absolute Gasteiger partial charge is 0.489 e. The highest BCUT2D eigenvalue weighted by Gasteiger charge is 2.18. The molecule has 4 nitrogen and oxygen atoms in total. The fourth-order valence-corrected chi connectivity index (χ4v) is 2.78. The van der Waals surface area contributed by atoms with Crippen LogP contribution in [0.15, 0.2) is 22.7 Å². The normalized spacial score (nSPS) is 18.2. The number of ether oxygens (including phenoxy) is 2. The minimum absolute atomic E-state index is 0.201. The predicted octanol–water partition coefficient (Wildman–Crippen LogP) is 2.96. The first-order chi connectivity index (χ1) is 9.70. The van der Waals surface area contributed by atoms with Crippen molar-refractivity contribution in [1.82, 2.24) is 4.90 Å². The molecule has 0 bridgehead atoms. The molecule has 0 amide bonds. The van der Waals surface area contributed by atoms with Crippen LogP contribution >= 0.6 is 15.9 Å². The average molecular weight is 339 g/mol. The lowest BCUT2D eigenvalue weighted by atomic mass is 10.2. The van der Waals surface area contributed by atoms with Gasteiger partial charge in [-0.15, -0.1) is 0 Å². The second kappa shape index (κ2) is 7.63. The molecular formula is C15H19BrN2O2. The molecule has 1 aromatic rings. The Kier molecular flexibility index (Phi) is 5.84. The molecule has 5 heteroatoms. The Morgan fingerprint density at radius 3 is 3.10 bits per heavy atom. The number of nitriles is 1. The highest BCUT2D eigenvalue weighted by molar-refractivity contribution is 9.10. The third kappa shape index (κ3) is 4.20. The summed E-state index contributed by atoms with van der Waals surface area (Å²) >= 11 is 3.54. The summed E-state index contributed by atoms with van der Waals surface area (Å²) in [6, 6.07) is 8.14. The zero-order valence-electron chi connectivity index (χ0n) is 11.6. The molecule has 20 heavy (non-hydrogen) atoms. The molecule has 1 aliphatic rings. The van der Waals surface area contributed by atoms with E-state index in [4.69, 9.17) is 14.7 Å². The molecule has 2 rings (SSSR count). The Morgan fingerprint density at radius 1 is 1.55 bits per heavy atom. The fourth-order valence-electron chi connectivity index (χ4n) is 2.26. The SMILES string of the molecule is CN(CC#N)Cc1cccc(Br)c1OCC1CCCO1. The van der Waals surface area contributed by atoms with E-state index in [-0.39, 0.29) is 6.10 Å².